The van der Waals surface area contributed by atoms with Crippen LogP contribution in [0.5, 0.6) is 5.75 Å². The number of hydrogen-bond donors (Lipinski definition) is 2. The van der Waals surface area contributed by atoms with Gasteiger partial charge in [0.25, 0.3) is 5.91 Å². The molecule has 6 nitrogen and oxygen atoms in total. The number of benzene rings is 2. The fourth-order valence-electron chi connectivity index (χ4n) is 2.58. The SMILES string of the molecule is COc1cccc(CCNC(=O)c2cc(-c3ccccc3)nc(=O)[nH]2)c1. The number of hydrogen-bond acceptors (Lipinski definition) is 4. The lowest BCUT2D eigenvalue weighted by molar-refractivity contribution is 0.0948. The molecule has 1 aromatic heterocycles. The fraction of sp³-hybridized carbons (Fsp3) is 0.150. The van der Waals surface area contributed by atoms with Crippen LogP contribution in [0.1, 0.15) is 16.1 Å². The van der Waals surface area contributed by atoms with Crippen molar-refractivity contribution in [3.8, 4) is 17.0 Å². The number of nitrogens with one attached hydrogen (secondary N) is 2. The highest BCUT2D eigenvalue weighted by Gasteiger charge is 2.10. The predicted octanol–water partition coefficient (Wildman–Crippen LogP) is 2.42. The summed E-state index contributed by atoms with van der Waals surface area (Å²) in [6.45, 7) is 0.441. The minimum atomic E-state index is -0.552. The molecule has 1 heterocycles. The summed E-state index contributed by atoms with van der Waals surface area (Å²) in [5, 5.41) is 2.81. The molecule has 0 aliphatic heterocycles. The Hall–Kier alpha value is -3.41. The summed E-state index contributed by atoms with van der Waals surface area (Å²) < 4.78 is 5.19. The number of H-pyrrole nitrogens is 1. The van der Waals surface area contributed by atoms with Gasteiger partial charge in [0.05, 0.1) is 12.8 Å². The Kier molecular flexibility index (Phi) is 5.43. The van der Waals surface area contributed by atoms with Crippen molar-refractivity contribution in [2.45, 2.75) is 6.42 Å². The van der Waals surface area contributed by atoms with Crippen LogP contribution in [-0.2, 0) is 6.42 Å². The molecule has 0 aliphatic rings. The zero-order valence-corrected chi connectivity index (χ0v) is 14.4. The highest BCUT2D eigenvalue weighted by molar-refractivity contribution is 5.93. The number of carbonyl (C=O) groups excluding carboxylic acids is 1. The Morgan fingerprint density at radius 3 is 2.69 bits per heavy atom. The molecule has 0 saturated carbocycles. The average molecular weight is 349 g/mol. The van der Waals surface area contributed by atoms with Gasteiger partial charge in [-0.05, 0) is 30.2 Å². The molecule has 6 heteroatoms. The molecule has 26 heavy (non-hydrogen) atoms. The lowest BCUT2D eigenvalue weighted by Gasteiger charge is -2.08. The third-order valence-electron chi connectivity index (χ3n) is 3.89. The second kappa shape index (κ2) is 8.11. The third-order valence-corrected chi connectivity index (χ3v) is 3.89. The van der Waals surface area contributed by atoms with Gasteiger partial charge in [-0.25, -0.2) is 4.79 Å². The van der Waals surface area contributed by atoms with Crippen LogP contribution in [0.4, 0.5) is 0 Å². The summed E-state index contributed by atoms with van der Waals surface area (Å²) in [5.74, 6) is 0.435. The van der Waals surface area contributed by atoms with Crippen LogP contribution in [0, 0.1) is 0 Å². The molecule has 132 valence electrons. The maximum atomic E-state index is 12.4. The van der Waals surface area contributed by atoms with Crippen LogP contribution in [-0.4, -0.2) is 29.5 Å². The first kappa shape index (κ1) is 17.4. The molecule has 0 fully saturated rings. The first-order valence-electron chi connectivity index (χ1n) is 8.23. The summed E-state index contributed by atoms with van der Waals surface area (Å²) in [7, 11) is 1.62. The molecule has 2 aromatic carbocycles. The van der Waals surface area contributed by atoms with Crippen LogP contribution < -0.4 is 15.7 Å². The van der Waals surface area contributed by atoms with Gasteiger partial charge in [0.2, 0.25) is 0 Å². The number of amides is 1. The second-order valence-corrected chi connectivity index (χ2v) is 5.71. The fourth-order valence-corrected chi connectivity index (χ4v) is 2.58. The van der Waals surface area contributed by atoms with Crippen LogP contribution in [0.15, 0.2) is 65.5 Å². The Bertz CT molecular complexity index is 952. The summed E-state index contributed by atoms with van der Waals surface area (Å²) >= 11 is 0. The minimum absolute atomic E-state index is 0.189. The summed E-state index contributed by atoms with van der Waals surface area (Å²) in [5.41, 5.74) is 1.94. The highest BCUT2D eigenvalue weighted by Crippen LogP contribution is 2.15. The van der Waals surface area contributed by atoms with Crippen molar-refractivity contribution < 1.29 is 9.53 Å². The van der Waals surface area contributed by atoms with Gasteiger partial charge in [-0.3, -0.25) is 4.79 Å². The van der Waals surface area contributed by atoms with E-state index in [0.717, 1.165) is 16.9 Å². The largest absolute Gasteiger partial charge is 0.497 e. The number of nitrogens with zero attached hydrogens (tertiary/aromatic N) is 1. The van der Waals surface area contributed by atoms with E-state index in [0.29, 0.717) is 18.7 Å². The molecule has 3 aromatic rings. The molecular weight excluding hydrogens is 330 g/mol. The maximum absolute atomic E-state index is 12.4. The molecule has 0 spiro atoms. The quantitative estimate of drug-likeness (QED) is 0.716. The second-order valence-electron chi connectivity index (χ2n) is 5.71. The van der Waals surface area contributed by atoms with Gasteiger partial charge in [-0.1, -0.05) is 42.5 Å². The monoisotopic (exact) mass is 349 g/mol. The van der Waals surface area contributed by atoms with Crippen molar-refractivity contribution in [1.82, 2.24) is 15.3 Å². The predicted molar refractivity (Wildman–Crippen MR) is 99.3 cm³/mol. The van der Waals surface area contributed by atoms with E-state index in [1.54, 1.807) is 13.2 Å². The van der Waals surface area contributed by atoms with Crippen molar-refractivity contribution in [3.05, 3.63) is 82.4 Å². The lowest BCUT2D eigenvalue weighted by Crippen LogP contribution is -2.29. The minimum Gasteiger partial charge on any atom is -0.497 e. The molecule has 3 rings (SSSR count). The van der Waals surface area contributed by atoms with E-state index < -0.39 is 5.69 Å². The first-order chi connectivity index (χ1) is 12.7. The smallest absolute Gasteiger partial charge is 0.346 e. The standard InChI is InChI=1S/C20H19N3O3/c1-26-16-9-5-6-14(12-16)10-11-21-19(24)18-13-17(22-20(25)23-18)15-7-3-2-4-8-15/h2-9,12-13H,10-11H2,1H3,(H,21,24)(H,22,23,25). The van der Waals surface area contributed by atoms with E-state index in [-0.39, 0.29) is 11.6 Å². The van der Waals surface area contributed by atoms with Crippen LogP contribution in [0.2, 0.25) is 0 Å². The molecule has 1 amide bonds. The van der Waals surface area contributed by atoms with E-state index >= 15 is 0 Å². The van der Waals surface area contributed by atoms with Crippen molar-refractivity contribution in [1.29, 1.82) is 0 Å². The van der Waals surface area contributed by atoms with Crippen LogP contribution in [0.25, 0.3) is 11.3 Å². The van der Waals surface area contributed by atoms with Gasteiger partial charge >= 0.3 is 5.69 Å². The number of ether oxygens (including phenoxy) is 1. The van der Waals surface area contributed by atoms with Crippen molar-refractivity contribution in [3.63, 3.8) is 0 Å². The van der Waals surface area contributed by atoms with Crippen molar-refractivity contribution in [2.75, 3.05) is 13.7 Å². The normalized spacial score (nSPS) is 10.3. The van der Waals surface area contributed by atoms with E-state index in [2.05, 4.69) is 15.3 Å². The Morgan fingerprint density at radius 1 is 1.12 bits per heavy atom. The van der Waals surface area contributed by atoms with Crippen LogP contribution in [0.3, 0.4) is 0 Å². The summed E-state index contributed by atoms with van der Waals surface area (Å²) in [4.78, 5) is 30.6. The Balaban J connectivity index is 1.68. The molecule has 0 atom stereocenters. The number of methoxy groups -OCH3 is 1. The van der Waals surface area contributed by atoms with Gasteiger partial charge in [0.1, 0.15) is 11.4 Å². The molecule has 0 saturated heterocycles. The van der Waals surface area contributed by atoms with E-state index in [9.17, 15) is 9.59 Å². The zero-order chi connectivity index (χ0) is 18.4. The lowest BCUT2D eigenvalue weighted by atomic mass is 10.1. The van der Waals surface area contributed by atoms with Gasteiger partial charge in [-0.2, -0.15) is 4.98 Å². The van der Waals surface area contributed by atoms with Crippen molar-refractivity contribution >= 4 is 5.91 Å². The van der Waals surface area contributed by atoms with Crippen LogP contribution >= 0.6 is 0 Å². The van der Waals surface area contributed by atoms with E-state index in [1.807, 2.05) is 54.6 Å². The molecule has 0 radical (unpaired) electrons. The number of aromatic nitrogens is 2. The summed E-state index contributed by atoms with van der Waals surface area (Å²) in [6.07, 6.45) is 0.657. The van der Waals surface area contributed by atoms with Gasteiger partial charge in [-0.15, -0.1) is 0 Å². The first-order valence-corrected chi connectivity index (χ1v) is 8.23. The van der Waals surface area contributed by atoms with Crippen molar-refractivity contribution in [2.24, 2.45) is 0 Å². The molecule has 0 unspecified atom stereocenters. The highest BCUT2D eigenvalue weighted by atomic mass is 16.5. The summed E-state index contributed by atoms with van der Waals surface area (Å²) in [6, 6.07) is 18.5. The molecular formula is C20H19N3O3. The number of rotatable bonds is 6. The zero-order valence-electron chi connectivity index (χ0n) is 14.4. The molecule has 2 N–H and O–H groups in total. The average Bonchev–Trinajstić information content (AvgIpc) is 2.68. The van der Waals surface area contributed by atoms with Gasteiger partial charge in [0, 0.05) is 12.1 Å². The van der Waals surface area contributed by atoms with E-state index in [4.69, 9.17) is 4.74 Å². The van der Waals surface area contributed by atoms with Gasteiger partial charge in [0.15, 0.2) is 0 Å². The van der Waals surface area contributed by atoms with E-state index in [1.165, 1.54) is 0 Å². The number of aromatic amines is 1. The topological polar surface area (TPSA) is 84.1 Å². The maximum Gasteiger partial charge on any atom is 0.346 e. The molecule has 0 bridgehead atoms. The number of carbonyl (C=O) groups is 1. The van der Waals surface area contributed by atoms with Gasteiger partial charge < -0.3 is 15.0 Å². The Morgan fingerprint density at radius 2 is 1.92 bits per heavy atom. The Labute approximate surface area is 150 Å². The third kappa shape index (κ3) is 4.36. The molecule has 0 aliphatic carbocycles.